The fourth-order valence-corrected chi connectivity index (χ4v) is 2.83. The highest BCUT2D eigenvalue weighted by molar-refractivity contribution is 7.88. The van der Waals surface area contributed by atoms with E-state index in [1.807, 2.05) is 6.92 Å². The van der Waals surface area contributed by atoms with Gasteiger partial charge in [-0.05, 0) is 25.7 Å². The Morgan fingerprint density at radius 1 is 1.22 bits per heavy atom. The monoisotopic (exact) mass is 276 g/mol. The van der Waals surface area contributed by atoms with Gasteiger partial charge in [-0.15, -0.1) is 0 Å². The van der Waals surface area contributed by atoms with E-state index in [-0.39, 0.29) is 17.9 Å². The molecule has 106 valence electrons. The van der Waals surface area contributed by atoms with Gasteiger partial charge in [0.2, 0.25) is 15.9 Å². The van der Waals surface area contributed by atoms with Crippen molar-refractivity contribution in [1.82, 2.24) is 9.62 Å². The number of sulfonamides is 1. The van der Waals surface area contributed by atoms with Gasteiger partial charge in [-0.2, -0.15) is 0 Å². The van der Waals surface area contributed by atoms with Crippen LogP contribution in [0.1, 0.15) is 33.6 Å². The molecule has 1 heterocycles. The first-order valence-corrected chi connectivity index (χ1v) is 8.32. The van der Waals surface area contributed by atoms with Crippen LogP contribution in [-0.2, 0) is 14.8 Å². The lowest BCUT2D eigenvalue weighted by atomic mass is 9.96. The number of hydrogen-bond donors (Lipinski definition) is 1. The van der Waals surface area contributed by atoms with E-state index < -0.39 is 10.0 Å². The van der Waals surface area contributed by atoms with Crippen LogP contribution in [0.2, 0.25) is 0 Å². The summed E-state index contributed by atoms with van der Waals surface area (Å²) in [5.74, 6) is 0.415. The minimum atomic E-state index is -3.11. The molecule has 0 radical (unpaired) electrons. The molecule has 1 amide bonds. The van der Waals surface area contributed by atoms with Crippen molar-refractivity contribution >= 4 is 15.9 Å². The topological polar surface area (TPSA) is 66.5 Å². The first-order chi connectivity index (χ1) is 8.21. The fraction of sp³-hybridized carbons (Fsp3) is 0.917. The maximum absolute atomic E-state index is 12.0. The molecule has 0 aliphatic carbocycles. The molecule has 0 bridgehead atoms. The molecule has 0 aromatic heterocycles. The third-order valence-electron chi connectivity index (χ3n) is 3.66. The van der Waals surface area contributed by atoms with Crippen LogP contribution in [-0.4, -0.2) is 44.0 Å². The van der Waals surface area contributed by atoms with Gasteiger partial charge < -0.3 is 5.32 Å². The molecule has 1 atom stereocenters. The van der Waals surface area contributed by atoms with Crippen molar-refractivity contribution in [3.63, 3.8) is 0 Å². The average Bonchev–Trinajstić information content (AvgIpc) is 2.27. The lowest BCUT2D eigenvalue weighted by Crippen LogP contribution is -2.45. The normalized spacial score (nSPS) is 20.9. The van der Waals surface area contributed by atoms with E-state index in [2.05, 4.69) is 19.2 Å². The third-order valence-corrected chi connectivity index (χ3v) is 4.97. The molecular formula is C12H24N2O3S. The molecule has 1 fully saturated rings. The number of nitrogens with one attached hydrogen (secondary N) is 1. The number of amides is 1. The minimum absolute atomic E-state index is 0.0517. The van der Waals surface area contributed by atoms with Crippen LogP contribution >= 0.6 is 0 Å². The second-order valence-corrected chi connectivity index (χ2v) is 7.46. The largest absolute Gasteiger partial charge is 0.353 e. The molecule has 1 aliphatic rings. The molecule has 1 N–H and O–H groups in total. The Bertz CT molecular complexity index is 384. The second-order valence-electron chi connectivity index (χ2n) is 5.48. The lowest BCUT2D eigenvalue weighted by molar-refractivity contribution is -0.127. The van der Waals surface area contributed by atoms with Crippen molar-refractivity contribution < 1.29 is 13.2 Å². The van der Waals surface area contributed by atoms with Gasteiger partial charge in [-0.3, -0.25) is 4.79 Å². The number of carbonyl (C=O) groups is 1. The van der Waals surface area contributed by atoms with Gasteiger partial charge in [-0.1, -0.05) is 13.8 Å². The summed E-state index contributed by atoms with van der Waals surface area (Å²) >= 11 is 0. The zero-order valence-corrected chi connectivity index (χ0v) is 12.5. The zero-order valence-electron chi connectivity index (χ0n) is 11.6. The number of piperidine rings is 1. The summed E-state index contributed by atoms with van der Waals surface area (Å²) in [5.41, 5.74) is 0. The average molecular weight is 276 g/mol. The van der Waals surface area contributed by atoms with Crippen molar-refractivity contribution in [3.05, 3.63) is 0 Å². The summed E-state index contributed by atoms with van der Waals surface area (Å²) in [5, 5.41) is 3.00. The Morgan fingerprint density at radius 2 is 1.72 bits per heavy atom. The molecule has 6 heteroatoms. The van der Waals surface area contributed by atoms with Crippen molar-refractivity contribution in [3.8, 4) is 0 Å². The predicted molar refractivity (Wildman–Crippen MR) is 71.6 cm³/mol. The first-order valence-electron chi connectivity index (χ1n) is 6.47. The highest BCUT2D eigenvalue weighted by Gasteiger charge is 2.29. The molecule has 18 heavy (non-hydrogen) atoms. The van der Waals surface area contributed by atoms with Gasteiger partial charge in [0.25, 0.3) is 0 Å². The molecule has 1 aliphatic heterocycles. The molecule has 0 saturated carbocycles. The number of hydrogen-bond acceptors (Lipinski definition) is 3. The fourth-order valence-electron chi connectivity index (χ4n) is 1.96. The van der Waals surface area contributed by atoms with Crippen LogP contribution < -0.4 is 5.32 Å². The predicted octanol–water partition coefficient (Wildman–Crippen LogP) is 0.819. The highest BCUT2D eigenvalue weighted by Crippen LogP contribution is 2.19. The van der Waals surface area contributed by atoms with E-state index >= 15 is 0 Å². The van der Waals surface area contributed by atoms with Crippen molar-refractivity contribution in [2.75, 3.05) is 19.3 Å². The molecule has 1 rings (SSSR count). The van der Waals surface area contributed by atoms with Crippen LogP contribution in [0, 0.1) is 11.8 Å². The molecule has 5 nitrogen and oxygen atoms in total. The summed E-state index contributed by atoms with van der Waals surface area (Å²) < 4.78 is 24.2. The summed E-state index contributed by atoms with van der Waals surface area (Å²) in [6, 6.07) is 0.158. The Hall–Kier alpha value is -0.620. The molecule has 0 unspecified atom stereocenters. The van der Waals surface area contributed by atoms with E-state index in [4.69, 9.17) is 0 Å². The van der Waals surface area contributed by atoms with Crippen LogP contribution in [0.25, 0.3) is 0 Å². The minimum Gasteiger partial charge on any atom is -0.353 e. The van der Waals surface area contributed by atoms with E-state index in [9.17, 15) is 13.2 Å². The van der Waals surface area contributed by atoms with Gasteiger partial charge in [0.05, 0.1) is 6.26 Å². The van der Waals surface area contributed by atoms with Gasteiger partial charge in [-0.25, -0.2) is 12.7 Å². The quantitative estimate of drug-likeness (QED) is 0.826. The highest BCUT2D eigenvalue weighted by atomic mass is 32.2. The summed E-state index contributed by atoms with van der Waals surface area (Å²) in [6.07, 6.45) is 2.45. The van der Waals surface area contributed by atoms with Crippen molar-refractivity contribution in [2.45, 2.75) is 39.7 Å². The maximum atomic E-state index is 12.0. The SMILES string of the molecule is CC(C)[C@@H](C)NC(=O)C1CCN(S(C)(=O)=O)CC1. The van der Waals surface area contributed by atoms with Crippen LogP contribution in [0.15, 0.2) is 0 Å². The van der Waals surface area contributed by atoms with E-state index in [0.29, 0.717) is 31.8 Å². The Labute approximate surface area is 110 Å². The maximum Gasteiger partial charge on any atom is 0.223 e. The molecule has 1 saturated heterocycles. The number of carbonyl (C=O) groups excluding carboxylic acids is 1. The van der Waals surface area contributed by atoms with Gasteiger partial charge in [0.1, 0.15) is 0 Å². The number of rotatable bonds is 4. The number of nitrogens with zero attached hydrogens (tertiary/aromatic N) is 1. The zero-order chi connectivity index (χ0) is 13.9. The molecular weight excluding hydrogens is 252 g/mol. The Morgan fingerprint density at radius 3 is 2.11 bits per heavy atom. The molecule has 0 aromatic rings. The standard InChI is InChI=1S/C12H24N2O3S/c1-9(2)10(3)13-12(15)11-5-7-14(8-6-11)18(4,16)17/h9-11H,5-8H2,1-4H3,(H,13,15)/t10-/m1/s1. The Kier molecular flexibility index (Phi) is 5.16. The van der Waals surface area contributed by atoms with Crippen LogP contribution in [0.5, 0.6) is 0 Å². The molecule has 0 spiro atoms. The molecule has 0 aromatic carbocycles. The van der Waals surface area contributed by atoms with Gasteiger partial charge in [0.15, 0.2) is 0 Å². The lowest BCUT2D eigenvalue weighted by Gasteiger charge is -2.30. The first kappa shape index (κ1) is 15.4. The summed E-state index contributed by atoms with van der Waals surface area (Å²) in [6.45, 7) is 7.03. The van der Waals surface area contributed by atoms with E-state index in [1.165, 1.54) is 10.6 Å². The van der Waals surface area contributed by atoms with Crippen molar-refractivity contribution in [1.29, 1.82) is 0 Å². The summed E-state index contributed by atoms with van der Waals surface area (Å²) in [7, 11) is -3.11. The summed E-state index contributed by atoms with van der Waals surface area (Å²) in [4.78, 5) is 12.0. The van der Waals surface area contributed by atoms with Crippen LogP contribution in [0.3, 0.4) is 0 Å². The van der Waals surface area contributed by atoms with Gasteiger partial charge in [0, 0.05) is 25.0 Å². The van der Waals surface area contributed by atoms with E-state index in [1.54, 1.807) is 0 Å². The Balaban J connectivity index is 2.46. The third kappa shape index (κ3) is 4.24. The second kappa shape index (κ2) is 6.02. The van der Waals surface area contributed by atoms with Crippen molar-refractivity contribution in [2.24, 2.45) is 11.8 Å². The van der Waals surface area contributed by atoms with Gasteiger partial charge >= 0.3 is 0 Å². The van der Waals surface area contributed by atoms with Crippen LogP contribution in [0.4, 0.5) is 0 Å². The smallest absolute Gasteiger partial charge is 0.223 e. The van der Waals surface area contributed by atoms with E-state index in [0.717, 1.165) is 0 Å².